The standard InChI is InChI=1S/C25H28FNO3/c26-22-16-19(15-18-9-3-1-4-10-18)23(27-14-8-7-13-24(27)28)17-21(22)25(29)30-20-11-5-2-6-12-20/h1,3-4,9-10,16-17,20H,2,5-8,11-15H2. The molecule has 0 unspecified atom stereocenters. The Labute approximate surface area is 177 Å². The summed E-state index contributed by atoms with van der Waals surface area (Å²) in [5, 5.41) is 0. The zero-order chi connectivity index (χ0) is 20.9. The van der Waals surface area contributed by atoms with E-state index in [1.165, 1.54) is 12.1 Å². The predicted molar refractivity (Wildman–Crippen MR) is 114 cm³/mol. The van der Waals surface area contributed by atoms with E-state index in [1.54, 1.807) is 4.90 Å². The highest BCUT2D eigenvalue weighted by Gasteiger charge is 2.27. The van der Waals surface area contributed by atoms with Crippen LogP contribution in [0.1, 0.15) is 72.9 Å². The number of halogens is 1. The van der Waals surface area contributed by atoms with Gasteiger partial charge < -0.3 is 9.64 Å². The first-order chi connectivity index (χ1) is 14.6. The fraction of sp³-hybridized carbons (Fsp3) is 0.440. The van der Waals surface area contributed by atoms with Crippen LogP contribution in [0.5, 0.6) is 0 Å². The number of hydrogen-bond acceptors (Lipinski definition) is 3. The SMILES string of the molecule is O=C(OC1CCCCC1)c1cc(N2CCCCC2=O)c(Cc2ccccc2)cc1F. The third-order valence-corrected chi connectivity index (χ3v) is 6.07. The van der Waals surface area contributed by atoms with E-state index < -0.39 is 11.8 Å². The Morgan fingerprint density at radius 1 is 1.03 bits per heavy atom. The third kappa shape index (κ3) is 4.72. The van der Waals surface area contributed by atoms with Gasteiger partial charge in [0.25, 0.3) is 0 Å². The van der Waals surface area contributed by atoms with E-state index in [0.717, 1.165) is 50.5 Å². The second-order valence-electron chi connectivity index (χ2n) is 8.29. The Balaban J connectivity index is 1.66. The lowest BCUT2D eigenvalue weighted by molar-refractivity contribution is -0.119. The van der Waals surface area contributed by atoms with E-state index in [4.69, 9.17) is 4.74 Å². The third-order valence-electron chi connectivity index (χ3n) is 6.07. The van der Waals surface area contributed by atoms with Gasteiger partial charge >= 0.3 is 5.97 Å². The van der Waals surface area contributed by atoms with Crippen LogP contribution in [0.2, 0.25) is 0 Å². The minimum absolute atomic E-state index is 0.0220. The van der Waals surface area contributed by atoms with Crippen LogP contribution in [-0.4, -0.2) is 24.5 Å². The Morgan fingerprint density at radius 3 is 2.53 bits per heavy atom. The average molecular weight is 410 g/mol. The van der Waals surface area contributed by atoms with Crippen molar-refractivity contribution in [2.75, 3.05) is 11.4 Å². The summed E-state index contributed by atoms with van der Waals surface area (Å²) in [7, 11) is 0. The molecule has 0 spiro atoms. The van der Waals surface area contributed by atoms with Gasteiger partial charge in [0.05, 0.1) is 5.56 Å². The maximum atomic E-state index is 15.0. The van der Waals surface area contributed by atoms with Crippen molar-refractivity contribution in [3.63, 3.8) is 0 Å². The molecule has 4 nitrogen and oxygen atoms in total. The zero-order valence-corrected chi connectivity index (χ0v) is 17.2. The molecule has 30 heavy (non-hydrogen) atoms. The highest BCUT2D eigenvalue weighted by Crippen LogP contribution is 2.31. The molecule has 1 saturated heterocycles. The van der Waals surface area contributed by atoms with Gasteiger partial charge in [0.15, 0.2) is 0 Å². The summed E-state index contributed by atoms with van der Waals surface area (Å²) in [5.74, 6) is -1.19. The number of anilines is 1. The van der Waals surface area contributed by atoms with E-state index in [0.29, 0.717) is 30.6 Å². The maximum Gasteiger partial charge on any atom is 0.341 e. The second kappa shape index (κ2) is 9.41. The number of benzene rings is 2. The Hall–Kier alpha value is -2.69. The smallest absolute Gasteiger partial charge is 0.341 e. The molecule has 0 radical (unpaired) electrons. The summed E-state index contributed by atoms with van der Waals surface area (Å²) < 4.78 is 20.6. The molecule has 0 bridgehead atoms. The van der Waals surface area contributed by atoms with Gasteiger partial charge in [-0.1, -0.05) is 36.8 Å². The molecule has 2 aromatic carbocycles. The molecule has 1 aliphatic heterocycles. The molecule has 5 heteroatoms. The second-order valence-corrected chi connectivity index (χ2v) is 8.29. The summed E-state index contributed by atoms with van der Waals surface area (Å²) >= 11 is 0. The molecule has 2 aromatic rings. The van der Waals surface area contributed by atoms with Crippen LogP contribution in [0.3, 0.4) is 0 Å². The van der Waals surface area contributed by atoms with Gasteiger partial charge in [-0.3, -0.25) is 4.79 Å². The van der Waals surface area contributed by atoms with Crippen LogP contribution in [0, 0.1) is 5.82 Å². The van der Waals surface area contributed by atoms with Gasteiger partial charge in [0.2, 0.25) is 5.91 Å². The van der Waals surface area contributed by atoms with Gasteiger partial charge in [-0.15, -0.1) is 0 Å². The first kappa shape index (κ1) is 20.6. The average Bonchev–Trinajstić information content (AvgIpc) is 2.76. The molecule has 1 saturated carbocycles. The molecule has 1 aliphatic carbocycles. The van der Waals surface area contributed by atoms with Gasteiger partial charge in [0.1, 0.15) is 11.9 Å². The summed E-state index contributed by atoms with van der Waals surface area (Å²) in [5.41, 5.74) is 2.29. The van der Waals surface area contributed by atoms with Crippen LogP contribution in [0.15, 0.2) is 42.5 Å². The number of ether oxygens (including phenoxy) is 1. The molecule has 2 fully saturated rings. The largest absolute Gasteiger partial charge is 0.459 e. The lowest BCUT2D eigenvalue weighted by Crippen LogP contribution is -2.36. The fourth-order valence-corrected chi connectivity index (χ4v) is 4.43. The van der Waals surface area contributed by atoms with Crippen molar-refractivity contribution in [3.8, 4) is 0 Å². The summed E-state index contributed by atoms with van der Waals surface area (Å²) in [6, 6.07) is 12.7. The molecule has 4 rings (SSSR count). The van der Waals surface area contributed by atoms with Crippen molar-refractivity contribution in [1.82, 2.24) is 0 Å². The molecule has 0 N–H and O–H groups in total. The van der Waals surface area contributed by atoms with Gasteiger partial charge in [0, 0.05) is 18.7 Å². The molecule has 1 heterocycles. The van der Waals surface area contributed by atoms with E-state index in [-0.39, 0.29) is 17.6 Å². The first-order valence-corrected chi connectivity index (χ1v) is 11.0. The van der Waals surface area contributed by atoms with Crippen molar-refractivity contribution >= 4 is 17.6 Å². The Kier molecular flexibility index (Phi) is 6.46. The summed E-state index contributed by atoms with van der Waals surface area (Å²) in [4.78, 5) is 27.1. The highest BCUT2D eigenvalue weighted by molar-refractivity contribution is 5.97. The topological polar surface area (TPSA) is 46.6 Å². The van der Waals surface area contributed by atoms with E-state index >= 15 is 0 Å². The fourth-order valence-electron chi connectivity index (χ4n) is 4.43. The quantitative estimate of drug-likeness (QED) is 0.619. The molecule has 0 atom stereocenters. The number of rotatable bonds is 5. The van der Waals surface area contributed by atoms with Crippen molar-refractivity contribution in [2.24, 2.45) is 0 Å². The number of nitrogens with zero attached hydrogens (tertiary/aromatic N) is 1. The van der Waals surface area contributed by atoms with Crippen molar-refractivity contribution < 1.29 is 18.7 Å². The van der Waals surface area contributed by atoms with Crippen LogP contribution >= 0.6 is 0 Å². The van der Waals surface area contributed by atoms with E-state index in [9.17, 15) is 14.0 Å². The number of amides is 1. The molecular weight excluding hydrogens is 381 g/mol. The Morgan fingerprint density at radius 2 is 1.80 bits per heavy atom. The molecular formula is C25H28FNO3. The number of carbonyl (C=O) groups excluding carboxylic acids is 2. The van der Waals surface area contributed by atoms with Gasteiger partial charge in [-0.25, -0.2) is 9.18 Å². The number of hydrogen-bond donors (Lipinski definition) is 0. The zero-order valence-electron chi connectivity index (χ0n) is 17.2. The Bertz CT molecular complexity index is 906. The lowest BCUT2D eigenvalue weighted by atomic mass is 9.97. The van der Waals surface area contributed by atoms with E-state index in [2.05, 4.69) is 0 Å². The maximum absolute atomic E-state index is 15.0. The van der Waals surface area contributed by atoms with Gasteiger partial charge in [-0.2, -0.15) is 0 Å². The lowest BCUT2D eigenvalue weighted by Gasteiger charge is -2.29. The number of carbonyl (C=O) groups is 2. The van der Waals surface area contributed by atoms with Crippen LogP contribution < -0.4 is 4.90 Å². The summed E-state index contributed by atoms with van der Waals surface area (Å²) in [6.45, 7) is 0.587. The number of piperidine rings is 1. The number of esters is 1. The molecule has 1 amide bonds. The minimum atomic E-state index is -0.628. The molecule has 2 aliphatic rings. The van der Waals surface area contributed by atoms with Crippen molar-refractivity contribution in [3.05, 3.63) is 65.0 Å². The van der Waals surface area contributed by atoms with Gasteiger partial charge in [-0.05, 0) is 68.2 Å². The monoisotopic (exact) mass is 409 g/mol. The molecule has 158 valence electrons. The van der Waals surface area contributed by atoms with Crippen LogP contribution in [0.25, 0.3) is 0 Å². The van der Waals surface area contributed by atoms with Crippen LogP contribution in [-0.2, 0) is 16.0 Å². The summed E-state index contributed by atoms with van der Waals surface area (Å²) in [6.07, 6.45) is 7.46. The normalized spacial score (nSPS) is 17.8. The van der Waals surface area contributed by atoms with Crippen molar-refractivity contribution in [2.45, 2.75) is 63.9 Å². The van der Waals surface area contributed by atoms with E-state index in [1.807, 2.05) is 30.3 Å². The predicted octanol–water partition coefficient (Wildman–Crippen LogP) is 5.42. The highest BCUT2D eigenvalue weighted by atomic mass is 19.1. The van der Waals surface area contributed by atoms with Crippen LogP contribution in [0.4, 0.5) is 10.1 Å². The van der Waals surface area contributed by atoms with Crippen molar-refractivity contribution in [1.29, 1.82) is 0 Å². The minimum Gasteiger partial charge on any atom is -0.459 e. The molecule has 0 aromatic heterocycles. The first-order valence-electron chi connectivity index (χ1n) is 11.0.